The van der Waals surface area contributed by atoms with Crippen LogP contribution >= 0.6 is 0 Å². The highest BCUT2D eigenvalue weighted by molar-refractivity contribution is 4.47. The molecule has 0 rings (SSSR count). The normalized spacial score (nSPS) is 14.6. The summed E-state index contributed by atoms with van der Waals surface area (Å²) in [5, 5.41) is 8.47. The van der Waals surface area contributed by atoms with E-state index in [2.05, 4.69) is 0 Å². The molecule has 1 N–H and O–H groups in total. The van der Waals surface area contributed by atoms with E-state index in [1.807, 2.05) is 0 Å². The van der Waals surface area contributed by atoms with E-state index < -0.39 is 12.5 Å². The Labute approximate surface area is 47.3 Å². The summed E-state index contributed by atoms with van der Waals surface area (Å²) in [4.78, 5) is 0. The third-order valence-corrected chi connectivity index (χ3v) is 0.803. The van der Waals surface area contributed by atoms with Gasteiger partial charge in [-0.25, -0.2) is 8.78 Å². The van der Waals surface area contributed by atoms with Gasteiger partial charge in [-0.1, -0.05) is 0 Å². The third kappa shape index (κ3) is 5.82. The lowest BCUT2D eigenvalue weighted by Crippen LogP contribution is -2.02. The van der Waals surface area contributed by atoms with Crippen molar-refractivity contribution in [2.45, 2.75) is 32.3 Å². The van der Waals surface area contributed by atoms with Crippen molar-refractivity contribution in [1.82, 2.24) is 0 Å². The minimum atomic E-state index is -2.27. The zero-order chi connectivity index (χ0) is 6.57. The fraction of sp³-hybridized carbons (Fsp3) is 1.00. The quantitative estimate of drug-likeness (QED) is 0.603. The van der Waals surface area contributed by atoms with Gasteiger partial charge < -0.3 is 5.11 Å². The molecule has 0 fully saturated rings. The van der Waals surface area contributed by atoms with E-state index in [1.165, 1.54) is 6.92 Å². The van der Waals surface area contributed by atoms with Gasteiger partial charge in [0.05, 0.1) is 6.10 Å². The smallest absolute Gasteiger partial charge is 0.238 e. The zero-order valence-electron chi connectivity index (χ0n) is 4.77. The Morgan fingerprint density at radius 3 is 2.00 bits per heavy atom. The van der Waals surface area contributed by atoms with Gasteiger partial charge in [-0.05, 0) is 13.3 Å². The molecule has 0 radical (unpaired) electrons. The Morgan fingerprint density at radius 2 is 1.88 bits per heavy atom. The molecule has 0 spiro atoms. The lowest BCUT2D eigenvalue weighted by Gasteiger charge is -2.00. The Morgan fingerprint density at radius 1 is 1.38 bits per heavy atom. The zero-order valence-corrected chi connectivity index (χ0v) is 4.77. The predicted octanol–water partition coefficient (Wildman–Crippen LogP) is 1.41. The molecule has 8 heavy (non-hydrogen) atoms. The van der Waals surface area contributed by atoms with Crippen LogP contribution in [0.25, 0.3) is 0 Å². The molecule has 0 heterocycles. The van der Waals surface area contributed by atoms with Gasteiger partial charge in [-0.15, -0.1) is 0 Å². The molecule has 0 aromatic heterocycles. The molecule has 0 aliphatic rings. The van der Waals surface area contributed by atoms with E-state index in [4.69, 9.17) is 5.11 Å². The van der Waals surface area contributed by atoms with Crippen molar-refractivity contribution in [3.8, 4) is 0 Å². The van der Waals surface area contributed by atoms with Crippen molar-refractivity contribution in [1.29, 1.82) is 0 Å². The van der Waals surface area contributed by atoms with Gasteiger partial charge in [0.25, 0.3) is 0 Å². The highest BCUT2D eigenvalue weighted by Crippen LogP contribution is 2.04. The Bertz CT molecular complexity index is 46.4. The molecule has 0 bridgehead atoms. The van der Waals surface area contributed by atoms with Crippen LogP contribution in [0.4, 0.5) is 8.78 Å². The van der Waals surface area contributed by atoms with Crippen molar-refractivity contribution in [2.24, 2.45) is 0 Å². The molecule has 50 valence electrons. The van der Waals surface area contributed by atoms with Crippen LogP contribution in [-0.4, -0.2) is 17.6 Å². The van der Waals surface area contributed by atoms with E-state index in [0.29, 0.717) is 0 Å². The first-order valence-corrected chi connectivity index (χ1v) is 2.59. The van der Waals surface area contributed by atoms with Crippen LogP contribution in [0.1, 0.15) is 19.8 Å². The first kappa shape index (κ1) is 7.82. The number of aliphatic hydroxyl groups excluding tert-OH is 1. The van der Waals surface area contributed by atoms with Gasteiger partial charge in [0.2, 0.25) is 6.43 Å². The molecule has 3 heteroatoms. The molecule has 1 atom stereocenters. The molecular weight excluding hydrogens is 114 g/mol. The van der Waals surface area contributed by atoms with Gasteiger partial charge in [-0.2, -0.15) is 0 Å². The molecule has 0 aromatic carbocycles. The molecule has 0 aromatic rings. The average Bonchev–Trinajstić information content (AvgIpc) is 1.61. The van der Waals surface area contributed by atoms with Gasteiger partial charge in [0.15, 0.2) is 0 Å². The largest absolute Gasteiger partial charge is 0.393 e. The number of alkyl halides is 2. The molecule has 0 aliphatic heterocycles. The molecule has 0 aliphatic carbocycles. The standard InChI is InChI=1S/C5H10F2O/c1-4(8)2-3-5(6)7/h4-5,8H,2-3H2,1H3. The summed E-state index contributed by atoms with van der Waals surface area (Å²) in [6, 6.07) is 0. The second kappa shape index (κ2) is 3.78. The van der Waals surface area contributed by atoms with E-state index in [-0.39, 0.29) is 12.8 Å². The lowest BCUT2D eigenvalue weighted by atomic mass is 10.2. The molecule has 1 nitrogen and oxygen atoms in total. The molecule has 1 unspecified atom stereocenters. The first-order valence-electron chi connectivity index (χ1n) is 2.59. The van der Waals surface area contributed by atoms with Gasteiger partial charge in [-0.3, -0.25) is 0 Å². The molecule has 0 saturated carbocycles. The maximum Gasteiger partial charge on any atom is 0.238 e. The number of rotatable bonds is 3. The summed E-state index contributed by atoms with van der Waals surface area (Å²) in [5.74, 6) is 0. The lowest BCUT2D eigenvalue weighted by molar-refractivity contribution is 0.103. The van der Waals surface area contributed by atoms with E-state index in [1.54, 1.807) is 0 Å². The topological polar surface area (TPSA) is 20.2 Å². The number of hydrogen-bond donors (Lipinski definition) is 1. The summed E-state index contributed by atoms with van der Waals surface area (Å²) in [5.41, 5.74) is 0. The average molecular weight is 124 g/mol. The van der Waals surface area contributed by atoms with E-state index >= 15 is 0 Å². The van der Waals surface area contributed by atoms with Crippen molar-refractivity contribution < 1.29 is 13.9 Å². The summed E-state index contributed by atoms with van der Waals surface area (Å²) in [6.45, 7) is 1.50. The van der Waals surface area contributed by atoms with Crippen LogP contribution in [0.5, 0.6) is 0 Å². The summed E-state index contributed by atoms with van der Waals surface area (Å²) < 4.78 is 22.6. The Balaban J connectivity index is 2.93. The van der Waals surface area contributed by atoms with Crippen molar-refractivity contribution >= 4 is 0 Å². The van der Waals surface area contributed by atoms with Crippen molar-refractivity contribution in [3.63, 3.8) is 0 Å². The van der Waals surface area contributed by atoms with Gasteiger partial charge in [0.1, 0.15) is 0 Å². The summed E-state index contributed by atoms with van der Waals surface area (Å²) >= 11 is 0. The van der Waals surface area contributed by atoms with E-state index in [0.717, 1.165) is 0 Å². The van der Waals surface area contributed by atoms with Crippen LogP contribution in [0, 0.1) is 0 Å². The summed E-state index contributed by atoms with van der Waals surface area (Å²) in [7, 11) is 0. The third-order valence-electron chi connectivity index (χ3n) is 0.803. The van der Waals surface area contributed by atoms with Crippen LogP contribution in [0.3, 0.4) is 0 Å². The molecule has 0 saturated heterocycles. The van der Waals surface area contributed by atoms with E-state index in [9.17, 15) is 8.78 Å². The number of halogens is 2. The number of aliphatic hydroxyl groups is 1. The monoisotopic (exact) mass is 124 g/mol. The Hall–Kier alpha value is -0.180. The van der Waals surface area contributed by atoms with Gasteiger partial charge >= 0.3 is 0 Å². The second-order valence-corrected chi connectivity index (χ2v) is 1.82. The van der Waals surface area contributed by atoms with Crippen LogP contribution < -0.4 is 0 Å². The first-order chi connectivity index (χ1) is 3.63. The fourth-order valence-corrected chi connectivity index (χ4v) is 0.367. The minimum Gasteiger partial charge on any atom is -0.393 e. The Kier molecular flexibility index (Phi) is 3.69. The maximum atomic E-state index is 11.3. The fourth-order valence-electron chi connectivity index (χ4n) is 0.367. The predicted molar refractivity (Wildman–Crippen MR) is 26.9 cm³/mol. The minimum absolute atomic E-state index is 0.192. The molecule has 0 amide bonds. The van der Waals surface area contributed by atoms with Gasteiger partial charge in [0, 0.05) is 6.42 Å². The number of hydrogen-bond acceptors (Lipinski definition) is 1. The SMILES string of the molecule is CC(O)CCC(F)F. The highest BCUT2D eigenvalue weighted by Gasteiger charge is 2.03. The highest BCUT2D eigenvalue weighted by atomic mass is 19.3. The second-order valence-electron chi connectivity index (χ2n) is 1.82. The van der Waals surface area contributed by atoms with Crippen molar-refractivity contribution in [3.05, 3.63) is 0 Å². The molecular formula is C5H10F2O. The van der Waals surface area contributed by atoms with Crippen molar-refractivity contribution in [2.75, 3.05) is 0 Å². The van der Waals surface area contributed by atoms with Crippen LogP contribution in [-0.2, 0) is 0 Å². The van der Waals surface area contributed by atoms with Crippen LogP contribution in [0.2, 0.25) is 0 Å². The van der Waals surface area contributed by atoms with Crippen LogP contribution in [0.15, 0.2) is 0 Å². The summed E-state index contributed by atoms with van der Waals surface area (Å²) in [6.07, 6.45) is -2.87. The maximum absolute atomic E-state index is 11.3.